The first-order chi connectivity index (χ1) is 8.38. The largest absolute Gasteiger partial charge is 0.360 e. The number of aromatic nitrogens is 1. The monoisotopic (exact) mass is 256 g/mol. The second kappa shape index (κ2) is 5.98. The van der Waals surface area contributed by atoms with E-state index < -0.39 is 6.17 Å². The van der Waals surface area contributed by atoms with Crippen LogP contribution in [0, 0.1) is 5.92 Å². The van der Waals surface area contributed by atoms with E-state index >= 15 is 0 Å². The molecule has 1 rings (SSSR count). The molecule has 1 aromatic heterocycles. The zero-order valence-corrected chi connectivity index (χ0v) is 11.6. The number of amides is 1. The van der Waals surface area contributed by atoms with Crippen molar-refractivity contribution >= 4 is 5.91 Å². The number of alkyl halides is 1. The molecule has 1 N–H and O–H groups in total. The molecule has 5 heteroatoms. The molecule has 0 fully saturated rings. The van der Waals surface area contributed by atoms with Crippen molar-refractivity contribution in [2.45, 2.75) is 53.3 Å². The average molecular weight is 256 g/mol. The lowest BCUT2D eigenvalue weighted by Gasteiger charge is -2.16. The van der Waals surface area contributed by atoms with Gasteiger partial charge in [0.25, 0.3) is 5.91 Å². The first-order valence-corrected chi connectivity index (χ1v) is 6.31. The van der Waals surface area contributed by atoms with Crippen molar-refractivity contribution in [1.82, 2.24) is 10.5 Å². The molecule has 0 aromatic carbocycles. The van der Waals surface area contributed by atoms with E-state index in [1.165, 1.54) is 6.92 Å². The highest BCUT2D eigenvalue weighted by atomic mass is 19.1. The van der Waals surface area contributed by atoms with E-state index in [0.717, 1.165) is 0 Å². The van der Waals surface area contributed by atoms with Crippen LogP contribution in [0.3, 0.4) is 0 Å². The summed E-state index contributed by atoms with van der Waals surface area (Å²) >= 11 is 0. The molecule has 0 saturated heterocycles. The highest BCUT2D eigenvalue weighted by Crippen LogP contribution is 2.25. The summed E-state index contributed by atoms with van der Waals surface area (Å²) in [6, 6.07) is 0.00189. The van der Waals surface area contributed by atoms with Crippen LogP contribution in [-0.2, 0) is 6.42 Å². The van der Waals surface area contributed by atoms with Gasteiger partial charge in [0.2, 0.25) is 0 Å². The second-order valence-electron chi connectivity index (χ2n) is 4.84. The Morgan fingerprint density at radius 2 is 2.00 bits per heavy atom. The molecule has 1 heterocycles. The first kappa shape index (κ1) is 14.7. The van der Waals surface area contributed by atoms with Crippen LogP contribution in [-0.4, -0.2) is 17.1 Å². The lowest BCUT2D eigenvalue weighted by molar-refractivity contribution is 0.0919. The van der Waals surface area contributed by atoms with Crippen molar-refractivity contribution < 1.29 is 13.7 Å². The number of hydrogen-bond donors (Lipinski definition) is 1. The number of halogens is 1. The first-order valence-electron chi connectivity index (χ1n) is 6.31. The molecule has 0 bridgehead atoms. The molecule has 2 atom stereocenters. The summed E-state index contributed by atoms with van der Waals surface area (Å²) in [7, 11) is 0. The van der Waals surface area contributed by atoms with Crippen LogP contribution in [0.4, 0.5) is 4.39 Å². The third kappa shape index (κ3) is 3.09. The third-order valence-corrected chi connectivity index (χ3v) is 3.10. The molecule has 102 valence electrons. The van der Waals surface area contributed by atoms with Crippen LogP contribution in [0.25, 0.3) is 0 Å². The molecule has 2 unspecified atom stereocenters. The van der Waals surface area contributed by atoms with E-state index in [-0.39, 0.29) is 23.2 Å². The summed E-state index contributed by atoms with van der Waals surface area (Å²) in [5.41, 5.74) is 0.334. The van der Waals surface area contributed by atoms with E-state index in [0.29, 0.717) is 18.1 Å². The Labute approximate surface area is 107 Å². The van der Waals surface area contributed by atoms with Crippen LogP contribution in [0.5, 0.6) is 0 Å². The van der Waals surface area contributed by atoms with Gasteiger partial charge in [0.05, 0.1) is 5.56 Å². The van der Waals surface area contributed by atoms with Crippen LogP contribution in [0.2, 0.25) is 0 Å². The standard InChI is InChI=1S/C13H21FN2O2/c1-6-10-11(8(4)14)12(16-18-10)13(17)15-9(5)7(2)3/h7-9H,6H2,1-5H3,(H,15,17). The van der Waals surface area contributed by atoms with Crippen molar-refractivity contribution in [2.24, 2.45) is 5.92 Å². The summed E-state index contributed by atoms with van der Waals surface area (Å²) in [5.74, 6) is 0.365. The van der Waals surface area contributed by atoms with Crippen LogP contribution in [0.1, 0.15) is 62.6 Å². The molecular formula is C13H21FN2O2. The summed E-state index contributed by atoms with van der Waals surface area (Å²) in [6.45, 7) is 9.13. The van der Waals surface area contributed by atoms with E-state index in [1.54, 1.807) is 0 Å². The van der Waals surface area contributed by atoms with Gasteiger partial charge in [-0.25, -0.2) is 4.39 Å². The maximum absolute atomic E-state index is 13.6. The molecule has 4 nitrogen and oxygen atoms in total. The van der Waals surface area contributed by atoms with Gasteiger partial charge in [-0.1, -0.05) is 25.9 Å². The Hall–Kier alpha value is -1.39. The number of hydrogen-bond acceptors (Lipinski definition) is 3. The number of rotatable bonds is 5. The summed E-state index contributed by atoms with van der Waals surface area (Å²) in [4.78, 5) is 12.0. The maximum Gasteiger partial charge on any atom is 0.274 e. The predicted octanol–water partition coefficient (Wildman–Crippen LogP) is 3.04. The normalized spacial score (nSPS) is 14.6. The minimum Gasteiger partial charge on any atom is -0.360 e. The number of nitrogens with one attached hydrogen (secondary N) is 1. The van der Waals surface area contributed by atoms with Gasteiger partial charge in [-0.3, -0.25) is 4.79 Å². The zero-order chi connectivity index (χ0) is 13.9. The smallest absolute Gasteiger partial charge is 0.274 e. The van der Waals surface area contributed by atoms with Gasteiger partial charge in [0.15, 0.2) is 5.69 Å². The van der Waals surface area contributed by atoms with Crippen molar-refractivity contribution in [3.8, 4) is 0 Å². The van der Waals surface area contributed by atoms with Crippen molar-refractivity contribution in [1.29, 1.82) is 0 Å². The molecular weight excluding hydrogens is 235 g/mol. The molecule has 1 amide bonds. The lowest BCUT2D eigenvalue weighted by Crippen LogP contribution is -2.36. The summed E-state index contributed by atoms with van der Waals surface area (Å²) < 4.78 is 18.6. The number of aryl methyl sites for hydroxylation is 1. The highest BCUT2D eigenvalue weighted by Gasteiger charge is 2.26. The Balaban J connectivity index is 2.96. The van der Waals surface area contributed by atoms with Gasteiger partial charge in [-0.15, -0.1) is 0 Å². The molecule has 18 heavy (non-hydrogen) atoms. The summed E-state index contributed by atoms with van der Waals surface area (Å²) in [5, 5.41) is 6.49. The third-order valence-electron chi connectivity index (χ3n) is 3.10. The zero-order valence-electron chi connectivity index (χ0n) is 11.6. The fraction of sp³-hybridized carbons (Fsp3) is 0.692. The second-order valence-corrected chi connectivity index (χ2v) is 4.84. The molecule has 1 aromatic rings. The fourth-order valence-corrected chi connectivity index (χ4v) is 1.60. The molecule has 0 radical (unpaired) electrons. The minimum atomic E-state index is -1.26. The van der Waals surface area contributed by atoms with E-state index in [1.807, 2.05) is 27.7 Å². The maximum atomic E-state index is 13.6. The van der Waals surface area contributed by atoms with Crippen LogP contribution in [0.15, 0.2) is 4.52 Å². The SMILES string of the molecule is CCc1onc(C(=O)NC(C)C(C)C)c1C(C)F. The van der Waals surface area contributed by atoms with Gasteiger partial charge < -0.3 is 9.84 Å². The molecule has 0 aliphatic carbocycles. The van der Waals surface area contributed by atoms with Gasteiger partial charge in [-0.2, -0.15) is 0 Å². The number of nitrogens with zero attached hydrogens (tertiary/aromatic N) is 1. The minimum absolute atomic E-state index is 0.00189. The lowest BCUT2D eigenvalue weighted by atomic mass is 10.0. The fourth-order valence-electron chi connectivity index (χ4n) is 1.60. The van der Waals surface area contributed by atoms with Gasteiger partial charge in [0.1, 0.15) is 11.9 Å². The summed E-state index contributed by atoms with van der Waals surface area (Å²) in [6.07, 6.45) is -0.745. The Morgan fingerprint density at radius 3 is 2.44 bits per heavy atom. The van der Waals surface area contributed by atoms with Crippen LogP contribution >= 0.6 is 0 Å². The molecule has 0 aliphatic rings. The van der Waals surface area contributed by atoms with E-state index in [9.17, 15) is 9.18 Å². The molecule has 0 saturated carbocycles. The Kier molecular flexibility index (Phi) is 4.87. The van der Waals surface area contributed by atoms with E-state index in [2.05, 4.69) is 10.5 Å². The average Bonchev–Trinajstić information content (AvgIpc) is 2.72. The van der Waals surface area contributed by atoms with Gasteiger partial charge >= 0.3 is 0 Å². The molecule has 0 aliphatic heterocycles. The number of carbonyl (C=O) groups excluding carboxylic acids is 1. The van der Waals surface area contributed by atoms with Gasteiger partial charge in [0, 0.05) is 12.5 Å². The van der Waals surface area contributed by atoms with E-state index in [4.69, 9.17) is 4.52 Å². The number of carbonyl (C=O) groups is 1. The predicted molar refractivity (Wildman–Crippen MR) is 67.2 cm³/mol. The quantitative estimate of drug-likeness (QED) is 0.881. The van der Waals surface area contributed by atoms with Crippen molar-refractivity contribution in [3.05, 3.63) is 17.0 Å². The Bertz CT molecular complexity index is 413. The molecule has 0 spiro atoms. The van der Waals surface area contributed by atoms with Crippen LogP contribution < -0.4 is 5.32 Å². The Morgan fingerprint density at radius 1 is 1.39 bits per heavy atom. The van der Waals surface area contributed by atoms with Crippen molar-refractivity contribution in [3.63, 3.8) is 0 Å². The van der Waals surface area contributed by atoms with Crippen molar-refractivity contribution in [2.75, 3.05) is 0 Å². The highest BCUT2D eigenvalue weighted by molar-refractivity contribution is 5.94. The topological polar surface area (TPSA) is 55.1 Å². The van der Waals surface area contributed by atoms with Gasteiger partial charge in [-0.05, 0) is 19.8 Å².